The van der Waals surface area contributed by atoms with Crippen molar-refractivity contribution >= 4 is 28.6 Å². The van der Waals surface area contributed by atoms with Crippen LogP contribution < -0.4 is 15.4 Å². The van der Waals surface area contributed by atoms with Gasteiger partial charge in [-0.15, -0.1) is 6.42 Å². The summed E-state index contributed by atoms with van der Waals surface area (Å²) >= 11 is 0. The fraction of sp³-hybridized carbons (Fsp3) is 0.296. The molecule has 8 nitrogen and oxygen atoms in total. The maximum Gasteiger partial charge on any atom is 0.271 e. The summed E-state index contributed by atoms with van der Waals surface area (Å²) in [6, 6.07) is 13.4. The molecule has 3 aromatic rings. The molecular weight excluding hydrogens is 444 g/mol. The Bertz CT molecular complexity index is 1350. The van der Waals surface area contributed by atoms with Gasteiger partial charge >= 0.3 is 0 Å². The van der Waals surface area contributed by atoms with Gasteiger partial charge in [0.2, 0.25) is 11.8 Å². The van der Waals surface area contributed by atoms with Crippen LogP contribution in [-0.2, 0) is 16.1 Å². The summed E-state index contributed by atoms with van der Waals surface area (Å²) < 4.78 is 5.42. The van der Waals surface area contributed by atoms with Gasteiger partial charge in [-0.05, 0) is 42.2 Å². The van der Waals surface area contributed by atoms with E-state index in [0.29, 0.717) is 37.4 Å². The Balaban J connectivity index is 1.42. The molecule has 0 saturated carbocycles. The molecule has 3 unspecified atom stereocenters. The maximum atomic E-state index is 13.7. The minimum atomic E-state index is -0.833. The van der Waals surface area contributed by atoms with Gasteiger partial charge in [0.05, 0.1) is 13.2 Å². The summed E-state index contributed by atoms with van der Waals surface area (Å²) in [5.41, 5.74) is 2.81. The summed E-state index contributed by atoms with van der Waals surface area (Å²) in [6.07, 6.45) is 6.75. The van der Waals surface area contributed by atoms with Crippen LogP contribution in [0.4, 0.5) is 0 Å². The van der Waals surface area contributed by atoms with E-state index < -0.39 is 12.1 Å². The molecule has 3 heterocycles. The standard InChI is InChI=1S/C27H26N4O4/c1-3-18(13-16-11-12-28-25(16)32)29-26(33)24-19-8-5-4-7-17(19)15-31(24)27(34)22-14-20-21(30-22)9-6-10-23(20)35-2/h1,4-10,14,16,18,24,30H,11-13,15H2,2H3,(H,28,32)(H,29,33). The van der Waals surface area contributed by atoms with Crippen molar-refractivity contribution < 1.29 is 19.1 Å². The Morgan fingerprint density at radius 3 is 2.83 bits per heavy atom. The number of carbonyl (C=O) groups excluding carboxylic acids is 3. The van der Waals surface area contributed by atoms with Crippen LogP contribution in [0.5, 0.6) is 5.75 Å². The first-order valence-corrected chi connectivity index (χ1v) is 11.6. The summed E-state index contributed by atoms with van der Waals surface area (Å²) in [5, 5.41) is 6.48. The number of ether oxygens (including phenoxy) is 1. The van der Waals surface area contributed by atoms with Crippen molar-refractivity contribution in [3.05, 3.63) is 65.4 Å². The molecule has 2 aliphatic rings. The molecule has 3 N–H and O–H groups in total. The zero-order valence-electron chi connectivity index (χ0n) is 19.3. The quantitative estimate of drug-likeness (QED) is 0.482. The molecule has 1 fully saturated rings. The normalized spacial score (nSPS) is 19.7. The van der Waals surface area contributed by atoms with Crippen molar-refractivity contribution in [3.8, 4) is 18.1 Å². The second kappa shape index (κ2) is 9.18. The van der Waals surface area contributed by atoms with Gasteiger partial charge < -0.3 is 25.3 Å². The van der Waals surface area contributed by atoms with Crippen LogP contribution in [-0.4, -0.2) is 47.3 Å². The Morgan fingerprint density at radius 2 is 2.09 bits per heavy atom. The number of H-pyrrole nitrogens is 1. The van der Waals surface area contributed by atoms with Gasteiger partial charge in [0, 0.05) is 29.9 Å². The smallest absolute Gasteiger partial charge is 0.271 e. The first-order valence-electron chi connectivity index (χ1n) is 11.6. The molecule has 0 aliphatic carbocycles. The van der Waals surface area contributed by atoms with Crippen LogP contribution in [0.25, 0.3) is 10.9 Å². The van der Waals surface area contributed by atoms with Crippen molar-refractivity contribution in [1.29, 1.82) is 0 Å². The minimum absolute atomic E-state index is 0.0447. The predicted molar refractivity (Wildman–Crippen MR) is 130 cm³/mol. The highest BCUT2D eigenvalue weighted by Crippen LogP contribution is 2.36. The number of aromatic amines is 1. The lowest BCUT2D eigenvalue weighted by atomic mass is 9.98. The van der Waals surface area contributed by atoms with Crippen molar-refractivity contribution in [1.82, 2.24) is 20.5 Å². The van der Waals surface area contributed by atoms with E-state index in [1.54, 1.807) is 18.1 Å². The van der Waals surface area contributed by atoms with Crippen LogP contribution in [0.2, 0.25) is 0 Å². The van der Waals surface area contributed by atoms with E-state index in [9.17, 15) is 14.4 Å². The fourth-order valence-corrected chi connectivity index (χ4v) is 5.01. The number of nitrogens with one attached hydrogen (secondary N) is 3. The van der Waals surface area contributed by atoms with Crippen molar-refractivity contribution in [2.45, 2.75) is 31.5 Å². The molecule has 1 aromatic heterocycles. The number of fused-ring (bicyclic) bond motifs is 2. The zero-order chi connectivity index (χ0) is 24.5. The second-order valence-electron chi connectivity index (χ2n) is 8.88. The van der Waals surface area contributed by atoms with E-state index in [2.05, 4.69) is 21.5 Å². The maximum absolute atomic E-state index is 13.7. The number of amides is 3. The molecule has 0 bridgehead atoms. The molecule has 1 saturated heterocycles. The van der Waals surface area contributed by atoms with Gasteiger partial charge in [-0.3, -0.25) is 14.4 Å². The van der Waals surface area contributed by atoms with Gasteiger partial charge in [0.25, 0.3) is 5.91 Å². The SMILES string of the molecule is C#CC(CC1CCNC1=O)NC(=O)C1c2ccccc2CN1C(=O)c1cc2c(OC)cccc2[nH]1. The summed E-state index contributed by atoms with van der Waals surface area (Å²) in [5.74, 6) is 2.32. The Labute approximate surface area is 203 Å². The Morgan fingerprint density at radius 1 is 1.26 bits per heavy atom. The lowest BCUT2D eigenvalue weighted by Gasteiger charge is -2.26. The third kappa shape index (κ3) is 4.10. The molecule has 5 rings (SSSR count). The number of rotatable bonds is 6. The number of methoxy groups -OCH3 is 1. The number of benzene rings is 2. The molecule has 35 heavy (non-hydrogen) atoms. The lowest BCUT2D eigenvalue weighted by Crippen LogP contribution is -2.44. The fourth-order valence-electron chi connectivity index (χ4n) is 5.01. The molecule has 0 radical (unpaired) electrons. The van der Waals surface area contributed by atoms with Crippen molar-refractivity contribution in [3.63, 3.8) is 0 Å². The largest absolute Gasteiger partial charge is 0.496 e. The van der Waals surface area contributed by atoms with E-state index in [-0.39, 0.29) is 23.6 Å². The molecule has 3 atom stereocenters. The third-order valence-corrected chi connectivity index (χ3v) is 6.79. The van der Waals surface area contributed by atoms with Gasteiger partial charge in [-0.2, -0.15) is 0 Å². The third-order valence-electron chi connectivity index (χ3n) is 6.79. The van der Waals surface area contributed by atoms with E-state index >= 15 is 0 Å². The molecule has 178 valence electrons. The van der Waals surface area contributed by atoms with E-state index in [1.807, 2.05) is 42.5 Å². The monoisotopic (exact) mass is 470 g/mol. The van der Waals surface area contributed by atoms with E-state index in [4.69, 9.17) is 11.2 Å². The number of hydrogen-bond donors (Lipinski definition) is 3. The van der Waals surface area contributed by atoms with Crippen LogP contribution in [0.15, 0.2) is 48.5 Å². The molecule has 2 aliphatic heterocycles. The van der Waals surface area contributed by atoms with Crippen LogP contribution >= 0.6 is 0 Å². The number of terminal acetylenes is 1. The summed E-state index contributed by atoms with van der Waals surface area (Å²) in [4.78, 5) is 43.9. The van der Waals surface area contributed by atoms with E-state index in [0.717, 1.165) is 22.0 Å². The average Bonchev–Trinajstić information content (AvgIpc) is 3.59. The first kappa shape index (κ1) is 22.5. The summed E-state index contributed by atoms with van der Waals surface area (Å²) in [7, 11) is 1.58. The van der Waals surface area contributed by atoms with Gasteiger partial charge in [0.1, 0.15) is 17.5 Å². The van der Waals surface area contributed by atoms with Crippen LogP contribution in [0.3, 0.4) is 0 Å². The molecule has 8 heteroatoms. The average molecular weight is 471 g/mol. The second-order valence-corrected chi connectivity index (χ2v) is 8.88. The first-order chi connectivity index (χ1) is 17.0. The van der Waals surface area contributed by atoms with E-state index in [1.165, 1.54) is 0 Å². The number of hydrogen-bond acceptors (Lipinski definition) is 4. The highest BCUT2D eigenvalue weighted by atomic mass is 16.5. The van der Waals surface area contributed by atoms with Gasteiger partial charge in [-0.25, -0.2) is 0 Å². The van der Waals surface area contributed by atoms with Gasteiger partial charge in [0.15, 0.2) is 0 Å². The van der Waals surface area contributed by atoms with Gasteiger partial charge in [-0.1, -0.05) is 36.3 Å². The minimum Gasteiger partial charge on any atom is -0.496 e. The molecule has 0 spiro atoms. The number of aromatic nitrogens is 1. The Kier molecular flexibility index (Phi) is 5.91. The number of carbonyl (C=O) groups is 3. The Hall–Kier alpha value is -4.25. The van der Waals surface area contributed by atoms with Crippen LogP contribution in [0.1, 0.15) is 40.5 Å². The molecule has 2 aromatic carbocycles. The predicted octanol–water partition coefficient (Wildman–Crippen LogP) is 2.52. The lowest BCUT2D eigenvalue weighted by molar-refractivity contribution is -0.127. The molecule has 3 amide bonds. The zero-order valence-corrected chi connectivity index (χ0v) is 19.3. The summed E-state index contributed by atoms with van der Waals surface area (Å²) in [6.45, 7) is 0.910. The highest BCUT2D eigenvalue weighted by molar-refractivity contribution is 6.02. The highest BCUT2D eigenvalue weighted by Gasteiger charge is 2.40. The van der Waals surface area contributed by atoms with Crippen LogP contribution in [0, 0.1) is 18.3 Å². The molecular formula is C27H26N4O4. The van der Waals surface area contributed by atoms with Crippen molar-refractivity contribution in [2.24, 2.45) is 5.92 Å². The van der Waals surface area contributed by atoms with Crippen molar-refractivity contribution in [2.75, 3.05) is 13.7 Å². The topological polar surface area (TPSA) is 104 Å². The number of nitrogens with zero attached hydrogens (tertiary/aromatic N) is 1.